The summed E-state index contributed by atoms with van der Waals surface area (Å²) in [6.45, 7) is 4.49. The van der Waals surface area contributed by atoms with Gasteiger partial charge in [0.15, 0.2) is 0 Å². The van der Waals surface area contributed by atoms with Gasteiger partial charge in [0.25, 0.3) is 0 Å². The molecule has 0 aromatic heterocycles. The molecular weight excluding hydrogens is 188 g/mol. The molecule has 84 valence electrons. The summed E-state index contributed by atoms with van der Waals surface area (Å²) in [5.41, 5.74) is 0. The number of rotatable bonds is 6. The minimum atomic E-state index is 1.12. The zero-order valence-corrected chi connectivity index (χ0v) is 9.31. The van der Waals surface area contributed by atoms with Gasteiger partial charge in [-0.25, -0.2) is 0 Å². The van der Waals surface area contributed by atoms with Gasteiger partial charge in [-0.05, 0) is 19.3 Å². The molecule has 0 aliphatic carbocycles. The Kier molecular flexibility index (Phi) is 4.00. The first-order chi connectivity index (χ1) is 7.45. The van der Waals surface area contributed by atoms with Crippen LogP contribution in [0.4, 0.5) is 0 Å². The fourth-order valence-corrected chi connectivity index (χ4v) is 1.98. The molecule has 4 nitrogen and oxygen atoms in total. The molecule has 0 unspecified atom stereocenters. The zero-order valence-electron chi connectivity index (χ0n) is 9.31. The highest BCUT2D eigenvalue weighted by Crippen LogP contribution is 2.06. The summed E-state index contributed by atoms with van der Waals surface area (Å²) in [5.74, 6) is 0. The van der Waals surface area contributed by atoms with Crippen molar-refractivity contribution in [2.24, 2.45) is 10.2 Å². The largest absolute Gasteiger partial charge is 0.297 e. The maximum Gasteiger partial charge on any atom is 0.0410 e. The highest BCUT2D eigenvalue weighted by molar-refractivity contribution is 5.59. The van der Waals surface area contributed by atoms with Crippen molar-refractivity contribution in [3.8, 4) is 0 Å². The summed E-state index contributed by atoms with van der Waals surface area (Å²) in [4.78, 5) is 0. The average Bonchev–Trinajstić information content (AvgIpc) is 2.88. The van der Waals surface area contributed by atoms with Crippen LogP contribution in [0.5, 0.6) is 0 Å². The zero-order chi connectivity index (χ0) is 10.3. The summed E-state index contributed by atoms with van der Waals surface area (Å²) in [5, 5.41) is 12.9. The van der Waals surface area contributed by atoms with Crippen LogP contribution in [0, 0.1) is 0 Å². The second kappa shape index (κ2) is 5.73. The molecule has 2 aliphatic heterocycles. The second-order valence-corrected chi connectivity index (χ2v) is 4.14. The highest BCUT2D eigenvalue weighted by Gasteiger charge is 2.06. The molecule has 0 amide bonds. The summed E-state index contributed by atoms with van der Waals surface area (Å²) in [7, 11) is 0. The van der Waals surface area contributed by atoms with E-state index < -0.39 is 0 Å². The molecule has 2 aliphatic rings. The van der Waals surface area contributed by atoms with E-state index in [0.29, 0.717) is 0 Å². The van der Waals surface area contributed by atoms with E-state index in [4.69, 9.17) is 0 Å². The molecular formula is C11H20N4. The quantitative estimate of drug-likeness (QED) is 0.620. The van der Waals surface area contributed by atoms with Gasteiger partial charge in [0.05, 0.1) is 0 Å². The van der Waals surface area contributed by atoms with E-state index in [0.717, 1.165) is 39.0 Å². The minimum absolute atomic E-state index is 1.12. The Morgan fingerprint density at radius 1 is 0.800 bits per heavy atom. The van der Waals surface area contributed by atoms with Gasteiger partial charge in [-0.3, -0.25) is 10.0 Å². The first-order valence-corrected chi connectivity index (χ1v) is 6.00. The Labute approximate surface area is 91.6 Å². The van der Waals surface area contributed by atoms with Crippen molar-refractivity contribution in [3.05, 3.63) is 0 Å². The maximum atomic E-state index is 4.29. The van der Waals surface area contributed by atoms with Crippen LogP contribution in [-0.2, 0) is 0 Å². The SMILES string of the molecule is C1=NN(CCCCCN2CCC=N2)CC1. The van der Waals surface area contributed by atoms with Crippen molar-refractivity contribution in [1.29, 1.82) is 0 Å². The third-order valence-corrected chi connectivity index (χ3v) is 2.85. The molecule has 0 atom stereocenters. The first-order valence-electron chi connectivity index (χ1n) is 6.00. The van der Waals surface area contributed by atoms with Gasteiger partial charge in [0.2, 0.25) is 0 Å². The summed E-state index contributed by atoms with van der Waals surface area (Å²) in [6, 6.07) is 0. The highest BCUT2D eigenvalue weighted by atomic mass is 15.5. The summed E-state index contributed by atoms with van der Waals surface area (Å²) < 4.78 is 0. The molecule has 2 heterocycles. The van der Waals surface area contributed by atoms with Crippen LogP contribution >= 0.6 is 0 Å². The number of nitrogens with zero attached hydrogens (tertiary/aromatic N) is 4. The molecule has 0 saturated heterocycles. The van der Waals surface area contributed by atoms with Crippen molar-refractivity contribution in [2.75, 3.05) is 26.2 Å². The van der Waals surface area contributed by atoms with Crippen molar-refractivity contribution >= 4 is 12.4 Å². The van der Waals surface area contributed by atoms with Gasteiger partial charge < -0.3 is 0 Å². The van der Waals surface area contributed by atoms with E-state index in [9.17, 15) is 0 Å². The molecule has 0 aromatic rings. The van der Waals surface area contributed by atoms with E-state index in [1.54, 1.807) is 0 Å². The van der Waals surface area contributed by atoms with E-state index in [1.807, 2.05) is 12.4 Å². The van der Waals surface area contributed by atoms with Gasteiger partial charge in [0.1, 0.15) is 0 Å². The molecule has 15 heavy (non-hydrogen) atoms. The number of hydrazone groups is 2. The van der Waals surface area contributed by atoms with Crippen LogP contribution in [0.2, 0.25) is 0 Å². The summed E-state index contributed by atoms with van der Waals surface area (Å²) in [6.07, 6.45) is 10.1. The Morgan fingerprint density at radius 2 is 1.33 bits per heavy atom. The van der Waals surface area contributed by atoms with Gasteiger partial charge in [0, 0.05) is 51.4 Å². The first kappa shape index (κ1) is 10.5. The minimum Gasteiger partial charge on any atom is -0.297 e. The molecule has 0 aromatic carbocycles. The number of unbranched alkanes of at least 4 members (excludes halogenated alkanes) is 2. The van der Waals surface area contributed by atoms with E-state index in [2.05, 4.69) is 20.2 Å². The molecule has 0 spiro atoms. The topological polar surface area (TPSA) is 31.2 Å². The van der Waals surface area contributed by atoms with E-state index in [-0.39, 0.29) is 0 Å². The lowest BCUT2D eigenvalue weighted by Gasteiger charge is -2.15. The van der Waals surface area contributed by atoms with Gasteiger partial charge in [-0.15, -0.1) is 0 Å². The lowest BCUT2D eigenvalue weighted by molar-refractivity contribution is 0.288. The third-order valence-electron chi connectivity index (χ3n) is 2.85. The predicted molar refractivity (Wildman–Crippen MR) is 63.2 cm³/mol. The van der Waals surface area contributed by atoms with Crippen LogP contribution in [0.1, 0.15) is 32.1 Å². The Hall–Kier alpha value is -1.06. The molecule has 0 radical (unpaired) electrons. The molecule has 0 bridgehead atoms. The normalized spacial score (nSPS) is 19.5. The van der Waals surface area contributed by atoms with Crippen molar-refractivity contribution < 1.29 is 0 Å². The smallest absolute Gasteiger partial charge is 0.0410 e. The van der Waals surface area contributed by atoms with Gasteiger partial charge >= 0.3 is 0 Å². The van der Waals surface area contributed by atoms with Gasteiger partial charge in [-0.1, -0.05) is 0 Å². The Morgan fingerprint density at radius 3 is 1.73 bits per heavy atom. The Bertz CT molecular complexity index is 213. The van der Waals surface area contributed by atoms with Crippen LogP contribution in [-0.4, -0.2) is 48.6 Å². The van der Waals surface area contributed by atoms with E-state index >= 15 is 0 Å². The van der Waals surface area contributed by atoms with Crippen molar-refractivity contribution in [1.82, 2.24) is 10.0 Å². The monoisotopic (exact) mass is 208 g/mol. The number of hydrogen-bond donors (Lipinski definition) is 0. The number of hydrogen-bond acceptors (Lipinski definition) is 4. The predicted octanol–water partition coefficient (Wildman–Crippen LogP) is 1.54. The second-order valence-electron chi connectivity index (χ2n) is 4.14. The van der Waals surface area contributed by atoms with Crippen LogP contribution in [0.15, 0.2) is 10.2 Å². The molecule has 0 N–H and O–H groups in total. The third kappa shape index (κ3) is 3.53. The molecule has 0 fully saturated rings. The maximum absolute atomic E-state index is 4.29. The van der Waals surface area contributed by atoms with E-state index in [1.165, 1.54) is 19.3 Å². The molecule has 2 rings (SSSR count). The van der Waals surface area contributed by atoms with Crippen LogP contribution in [0.3, 0.4) is 0 Å². The van der Waals surface area contributed by atoms with Crippen molar-refractivity contribution in [3.63, 3.8) is 0 Å². The molecule has 0 saturated carbocycles. The Balaban J connectivity index is 1.44. The fraction of sp³-hybridized carbons (Fsp3) is 0.818. The van der Waals surface area contributed by atoms with Crippen molar-refractivity contribution in [2.45, 2.75) is 32.1 Å². The summed E-state index contributed by atoms with van der Waals surface area (Å²) >= 11 is 0. The molecule has 4 heteroatoms. The lowest BCUT2D eigenvalue weighted by atomic mass is 10.2. The van der Waals surface area contributed by atoms with Crippen LogP contribution < -0.4 is 0 Å². The standard InChI is InChI=1S/C11H20N4/c1(2-8-14-10-4-6-12-14)3-9-15-11-5-7-13-15/h6-7H,1-5,8-11H2. The van der Waals surface area contributed by atoms with Gasteiger partial charge in [-0.2, -0.15) is 10.2 Å². The van der Waals surface area contributed by atoms with Crippen LogP contribution in [0.25, 0.3) is 0 Å². The fourth-order valence-electron chi connectivity index (χ4n) is 1.98. The lowest BCUT2D eigenvalue weighted by Crippen LogP contribution is -2.17. The average molecular weight is 208 g/mol.